The summed E-state index contributed by atoms with van der Waals surface area (Å²) >= 11 is 5.99. The number of likely N-dealkylation sites (N-methyl/N-ethyl adjacent to an activating group) is 1. The maximum absolute atomic E-state index is 12.5. The summed E-state index contributed by atoms with van der Waals surface area (Å²) in [6, 6.07) is 5.16. The van der Waals surface area contributed by atoms with Crippen molar-refractivity contribution in [1.82, 2.24) is 9.80 Å². The molecule has 1 aliphatic heterocycles. The van der Waals surface area contributed by atoms with Gasteiger partial charge in [-0.1, -0.05) is 11.6 Å². The van der Waals surface area contributed by atoms with Crippen molar-refractivity contribution in [3.8, 4) is 5.75 Å². The molecule has 8 nitrogen and oxygen atoms in total. The molecule has 1 fully saturated rings. The van der Waals surface area contributed by atoms with Crippen LogP contribution in [0.2, 0.25) is 5.02 Å². The van der Waals surface area contributed by atoms with Crippen molar-refractivity contribution in [1.29, 1.82) is 0 Å². The van der Waals surface area contributed by atoms with Crippen LogP contribution < -0.4 is 10.1 Å². The number of morpholine rings is 1. The fourth-order valence-corrected chi connectivity index (χ4v) is 2.97. The minimum atomic E-state index is -0.893. The van der Waals surface area contributed by atoms with E-state index in [9.17, 15) is 9.59 Å². The van der Waals surface area contributed by atoms with Crippen LogP contribution in [0, 0.1) is 0 Å². The fraction of sp³-hybridized carbons (Fsp3) is 0.529. The minimum Gasteiger partial charge on any atom is -0.495 e. The molecule has 1 heterocycles. The Hall–Kier alpha value is -2.03. The monoisotopic (exact) mass is 385 g/mol. The van der Waals surface area contributed by atoms with Gasteiger partial charge in [-0.05, 0) is 25.2 Å². The highest BCUT2D eigenvalue weighted by atomic mass is 35.5. The molecule has 0 spiro atoms. The number of aliphatic carboxylic acids is 1. The number of nitrogens with one attached hydrogen (secondary N) is 1. The van der Waals surface area contributed by atoms with Crippen molar-refractivity contribution < 1.29 is 24.2 Å². The molecule has 2 N–H and O–H groups in total. The maximum atomic E-state index is 12.5. The zero-order chi connectivity index (χ0) is 19.1. The zero-order valence-corrected chi connectivity index (χ0v) is 15.7. The van der Waals surface area contributed by atoms with Crippen molar-refractivity contribution in [2.75, 3.05) is 58.8 Å². The fourth-order valence-electron chi connectivity index (χ4n) is 2.80. The maximum Gasteiger partial charge on any atom is 0.317 e. The quantitative estimate of drug-likeness (QED) is 0.689. The summed E-state index contributed by atoms with van der Waals surface area (Å²) in [7, 11) is 3.27. The predicted molar refractivity (Wildman–Crippen MR) is 97.9 cm³/mol. The van der Waals surface area contributed by atoms with E-state index < -0.39 is 5.97 Å². The number of benzene rings is 1. The number of carboxylic acids is 1. The number of carboxylic acid groups (broad SMARTS) is 1. The Labute approximate surface area is 157 Å². The van der Waals surface area contributed by atoms with Crippen molar-refractivity contribution in [2.24, 2.45) is 0 Å². The smallest absolute Gasteiger partial charge is 0.317 e. The summed E-state index contributed by atoms with van der Waals surface area (Å²) in [6.45, 7) is 1.85. The third kappa shape index (κ3) is 6.05. The van der Waals surface area contributed by atoms with Crippen molar-refractivity contribution in [3.05, 3.63) is 23.2 Å². The van der Waals surface area contributed by atoms with Crippen LogP contribution in [0.25, 0.3) is 0 Å². The predicted octanol–water partition coefficient (Wildman–Crippen LogP) is 1.00. The van der Waals surface area contributed by atoms with Crippen LogP contribution in [-0.2, 0) is 14.3 Å². The third-order valence-corrected chi connectivity index (χ3v) is 4.24. The lowest BCUT2D eigenvalue weighted by Gasteiger charge is -2.34. The van der Waals surface area contributed by atoms with Gasteiger partial charge in [-0.2, -0.15) is 0 Å². The summed E-state index contributed by atoms with van der Waals surface area (Å²) < 4.78 is 10.9. The average Bonchev–Trinajstić information content (AvgIpc) is 2.59. The molecule has 0 radical (unpaired) electrons. The Bertz CT molecular complexity index is 643. The number of rotatable bonds is 8. The highest BCUT2D eigenvalue weighted by Crippen LogP contribution is 2.27. The second kappa shape index (κ2) is 9.61. The molecule has 1 unspecified atom stereocenters. The molecular formula is C17H24ClN3O5. The first-order valence-electron chi connectivity index (χ1n) is 8.26. The van der Waals surface area contributed by atoms with Gasteiger partial charge in [0.2, 0.25) is 5.91 Å². The van der Waals surface area contributed by atoms with E-state index in [1.807, 2.05) is 0 Å². The Morgan fingerprint density at radius 2 is 2.27 bits per heavy atom. The SMILES string of the molecule is COc1ccc(Cl)cc1NCC(=O)N1CCOC(CN(C)CC(=O)O)C1. The number of hydrogen-bond acceptors (Lipinski definition) is 6. The van der Waals surface area contributed by atoms with Crippen molar-refractivity contribution >= 4 is 29.2 Å². The van der Waals surface area contributed by atoms with Crippen LogP contribution in [0.4, 0.5) is 5.69 Å². The number of anilines is 1. The van der Waals surface area contributed by atoms with Crippen molar-refractivity contribution in [3.63, 3.8) is 0 Å². The molecule has 1 saturated heterocycles. The molecule has 0 saturated carbocycles. The molecule has 2 rings (SSSR count). The van der Waals surface area contributed by atoms with E-state index in [4.69, 9.17) is 26.2 Å². The van der Waals surface area contributed by atoms with Crippen LogP contribution in [0.5, 0.6) is 5.75 Å². The number of carbonyl (C=O) groups is 2. The molecule has 1 aliphatic rings. The molecule has 144 valence electrons. The minimum absolute atomic E-state index is 0.0656. The lowest BCUT2D eigenvalue weighted by molar-refractivity contribution is -0.141. The average molecular weight is 386 g/mol. The molecule has 1 aromatic carbocycles. The van der Waals surface area contributed by atoms with Gasteiger partial charge in [-0.3, -0.25) is 14.5 Å². The Morgan fingerprint density at radius 3 is 2.96 bits per heavy atom. The Kier molecular flexibility index (Phi) is 7.50. The normalized spacial score (nSPS) is 17.2. The van der Waals surface area contributed by atoms with Gasteiger partial charge < -0.3 is 24.8 Å². The number of amides is 1. The third-order valence-electron chi connectivity index (χ3n) is 4.00. The Morgan fingerprint density at radius 1 is 1.50 bits per heavy atom. The molecule has 0 bridgehead atoms. The molecule has 0 aromatic heterocycles. The Balaban J connectivity index is 1.87. The lowest BCUT2D eigenvalue weighted by Crippen LogP contribution is -2.50. The standard InChI is InChI=1S/C17H24ClN3O5/c1-20(11-17(23)24)9-13-10-21(5-6-26-13)16(22)8-19-14-7-12(18)3-4-15(14)25-2/h3-4,7,13,19H,5-6,8-11H2,1-2H3,(H,23,24). The number of halogens is 1. The molecule has 1 aromatic rings. The summed E-state index contributed by atoms with van der Waals surface area (Å²) in [6.07, 6.45) is -0.210. The van der Waals surface area contributed by atoms with E-state index >= 15 is 0 Å². The van der Waals surface area contributed by atoms with E-state index in [1.165, 1.54) is 0 Å². The van der Waals surface area contributed by atoms with Gasteiger partial charge in [0.25, 0.3) is 0 Å². The van der Waals surface area contributed by atoms with Crippen LogP contribution in [0.1, 0.15) is 0 Å². The van der Waals surface area contributed by atoms with E-state index in [2.05, 4.69) is 5.32 Å². The number of ether oxygens (including phenoxy) is 2. The first kappa shape index (κ1) is 20.3. The van der Waals surface area contributed by atoms with Gasteiger partial charge in [-0.25, -0.2) is 0 Å². The molecular weight excluding hydrogens is 362 g/mol. The van der Waals surface area contributed by atoms with Crippen LogP contribution in [0.3, 0.4) is 0 Å². The van der Waals surface area contributed by atoms with E-state index in [-0.39, 0.29) is 25.1 Å². The van der Waals surface area contributed by atoms with E-state index in [0.29, 0.717) is 42.7 Å². The molecule has 1 amide bonds. The highest BCUT2D eigenvalue weighted by molar-refractivity contribution is 6.30. The molecule has 9 heteroatoms. The number of carbonyl (C=O) groups excluding carboxylic acids is 1. The van der Waals surface area contributed by atoms with E-state index in [0.717, 1.165) is 0 Å². The largest absolute Gasteiger partial charge is 0.495 e. The second-order valence-corrected chi connectivity index (χ2v) is 6.56. The molecule has 1 atom stereocenters. The first-order chi connectivity index (χ1) is 12.4. The number of nitrogens with zero attached hydrogens (tertiary/aromatic N) is 2. The van der Waals surface area contributed by atoms with E-state index in [1.54, 1.807) is 42.2 Å². The van der Waals surface area contributed by atoms with Gasteiger partial charge in [-0.15, -0.1) is 0 Å². The highest BCUT2D eigenvalue weighted by Gasteiger charge is 2.25. The van der Waals surface area contributed by atoms with Gasteiger partial charge in [0, 0.05) is 24.7 Å². The zero-order valence-electron chi connectivity index (χ0n) is 14.9. The molecule has 0 aliphatic carbocycles. The van der Waals surface area contributed by atoms with Crippen molar-refractivity contribution in [2.45, 2.75) is 6.10 Å². The molecule has 26 heavy (non-hydrogen) atoms. The second-order valence-electron chi connectivity index (χ2n) is 6.12. The van der Waals surface area contributed by atoms with Crippen LogP contribution in [0.15, 0.2) is 18.2 Å². The number of methoxy groups -OCH3 is 1. The van der Waals surface area contributed by atoms with Gasteiger partial charge in [0.15, 0.2) is 0 Å². The number of hydrogen-bond donors (Lipinski definition) is 2. The first-order valence-corrected chi connectivity index (χ1v) is 8.64. The summed E-state index contributed by atoms with van der Waals surface area (Å²) in [5.74, 6) is -0.352. The summed E-state index contributed by atoms with van der Waals surface area (Å²) in [5.41, 5.74) is 0.652. The van der Waals surface area contributed by atoms with Gasteiger partial charge >= 0.3 is 5.97 Å². The topological polar surface area (TPSA) is 91.3 Å². The summed E-state index contributed by atoms with van der Waals surface area (Å²) in [5, 5.41) is 12.4. The lowest BCUT2D eigenvalue weighted by atomic mass is 10.2. The van der Waals surface area contributed by atoms with Crippen LogP contribution >= 0.6 is 11.6 Å². The van der Waals surface area contributed by atoms with Gasteiger partial charge in [0.1, 0.15) is 5.75 Å². The summed E-state index contributed by atoms with van der Waals surface area (Å²) in [4.78, 5) is 26.6. The van der Waals surface area contributed by atoms with Crippen LogP contribution in [-0.4, -0.2) is 86.4 Å². The van der Waals surface area contributed by atoms with Gasteiger partial charge in [0.05, 0.1) is 38.6 Å².